The Labute approximate surface area is 198 Å². The number of hydrogen-bond acceptors (Lipinski definition) is 7. The van der Waals surface area contributed by atoms with Crippen molar-refractivity contribution in [2.75, 3.05) is 11.1 Å². The first-order valence-corrected chi connectivity index (χ1v) is 9.79. The van der Waals surface area contributed by atoms with Gasteiger partial charge >= 0.3 is 6.18 Å². The quantitative estimate of drug-likeness (QED) is 0.386. The summed E-state index contributed by atoms with van der Waals surface area (Å²) in [5.74, 6) is -4.71. The minimum absolute atomic E-state index is 0.0790. The van der Waals surface area contributed by atoms with Gasteiger partial charge in [-0.1, -0.05) is 0 Å². The highest BCUT2D eigenvalue weighted by Gasteiger charge is 2.41. The van der Waals surface area contributed by atoms with E-state index in [4.69, 9.17) is 15.7 Å². The number of carbonyl (C=O) groups is 1. The molecule has 0 bridgehead atoms. The number of ether oxygens (including phenoxy) is 1. The summed E-state index contributed by atoms with van der Waals surface area (Å²) in [6.45, 7) is 0. The number of carbonyl (C=O) groups excluding carboxylic acids is 1. The molecule has 3 N–H and O–H groups in total. The highest BCUT2D eigenvalue weighted by molar-refractivity contribution is 6.05. The maximum Gasteiger partial charge on any atom is 0.434 e. The zero-order valence-corrected chi connectivity index (χ0v) is 17.7. The van der Waals surface area contributed by atoms with E-state index in [1.54, 1.807) is 6.07 Å². The minimum Gasteiger partial charge on any atom is -0.453 e. The van der Waals surface area contributed by atoms with Crippen LogP contribution >= 0.6 is 0 Å². The number of pyridine rings is 2. The minimum atomic E-state index is -5.11. The highest BCUT2D eigenvalue weighted by atomic mass is 19.4. The number of nitrogens with zero attached hydrogens (tertiary/aromatic N) is 5. The summed E-state index contributed by atoms with van der Waals surface area (Å²) in [6.07, 6.45) is -2.21. The number of nitriles is 1. The zero-order valence-electron chi connectivity index (χ0n) is 17.7. The number of nitrogen functional groups attached to an aromatic ring is 1. The second kappa shape index (κ2) is 9.29. The number of nitrogens with one attached hydrogen (secondary N) is 1. The molecule has 1 aromatic carbocycles. The van der Waals surface area contributed by atoms with Gasteiger partial charge in [0.05, 0.1) is 11.8 Å². The van der Waals surface area contributed by atoms with E-state index in [1.165, 1.54) is 18.3 Å². The van der Waals surface area contributed by atoms with Gasteiger partial charge in [-0.25, -0.2) is 23.4 Å². The molecule has 14 heteroatoms. The summed E-state index contributed by atoms with van der Waals surface area (Å²) < 4.78 is 75.5. The molecule has 0 saturated carbocycles. The molecule has 3 aromatic heterocycles. The number of benzene rings is 1. The molecule has 0 fully saturated rings. The lowest BCUT2D eigenvalue weighted by molar-refractivity contribution is -0.143. The molecule has 182 valence electrons. The number of rotatable bonds is 5. The number of anilines is 2. The summed E-state index contributed by atoms with van der Waals surface area (Å²) in [7, 11) is 0. The Hall–Kier alpha value is -5.06. The summed E-state index contributed by atoms with van der Waals surface area (Å²) in [4.78, 5) is 19.9. The van der Waals surface area contributed by atoms with Crippen LogP contribution in [0.5, 0.6) is 11.5 Å². The number of aromatic nitrogens is 4. The third-order valence-corrected chi connectivity index (χ3v) is 4.69. The van der Waals surface area contributed by atoms with Crippen LogP contribution < -0.4 is 15.8 Å². The van der Waals surface area contributed by atoms with Crippen LogP contribution in [0.3, 0.4) is 0 Å². The first kappa shape index (κ1) is 24.1. The van der Waals surface area contributed by atoms with Gasteiger partial charge in [-0.15, -0.1) is 0 Å². The largest absolute Gasteiger partial charge is 0.453 e. The maximum absolute atomic E-state index is 14.6. The molecule has 0 aliphatic rings. The summed E-state index contributed by atoms with van der Waals surface area (Å²) in [5.41, 5.74) is 2.72. The van der Waals surface area contributed by atoms with E-state index in [-0.39, 0.29) is 33.2 Å². The van der Waals surface area contributed by atoms with E-state index in [0.717, 1.165) is 30.5 Å². The Morgan fingerprint density at radius 3 is 2.53 bits per heavy atom. The number of alkyl halides is 3. The Kier molecular flexibility index (Phi) is 6.22. The van der Waals surface area contributed by atoms with Crippen LogP contribution in [0.2, 0.25) is 0 Å². The van der Waals surface area contributed by atoms with Gasteiger partial charge in [0, 0.05) is 30.2 Å². The van der Waals surface area contributed by atoms with E-state index < -0.39 is 40.8 Å². The molecule has 3 heterocycles. The van der Waals surface area contributed by atoms with E-state index in [9.17, 15) is 26.7 Å². The van der Waals surface area contributed by atoms with Crippen LogP contribution in [0.25, 0.3) is 5.82 Å². The molecule has 0 unspecified atom stereocenters. The van der Waals surface area contributed by atoms with Crippen LogP contribution in [-0.2, 0) is 6.18 Å². The first-order valence-electron chi connectivity index (χ1n) is 9.79. The average molecular weight is 501 g/mol. The van der Waals surface area contributed by atoms with Crippen molar-refractivity contribution >= 4 is 17.4 Å². The van der Waals surface area contributed by atoms with E-state index in [2.05, 4.69) is 20.4 Å². The molecule has 9 nitrogen and oxygen atoms in total. The van der Waals surface area contributed by atoms with Crippen molar-refractivity contribution in [3.05, 3.63) is 83.4 Å². The molecule has 1 amide bonds. The summed E-state index contributed by atoms with van der Waals surface area (Å²) >= 11 is 0. The second-order valence-electron chi connectivity index (χ2n) is 7.01. The van der Waals surface area contributed by atoms with Crippen molar-refractivity contribution < 1.29 is 31.5 Å². The fraction of sp³-hybridized carbons (Fsp3) is 0.0455. The molecule has 0 aliphatic carbocycles. The molecular weight excluding hydrogens is 489 g/mol. The van der Waals surface area contributed by atoms with Crippen LogP contribution in [0, 0.1) is 23.0 Å². The highest BCUT2D eigenvalue weighted by Crippen LogP contribution is 2.35. The normalized spacial score (nSPS) is 11.1. The van der Waals surface area contributed by atoms with Gasteiger partial charge in [0.1, 0.15) is 17.5 Å². The smallest absolute Gasteiger partial charge is 0.434 e. The molecule has 4 rings (SSSR count). The molecule has 36 heavy (non-hydrogen) atoms. The lowest BCUT2D eigenvalue weighted by atomic mass is 10.2. The van der Waals surface area contributed by atoms with Gasteiger partial charge in [0.25, 0.3) is 5.91 Å². The van der Waals surface area contributed by atoms with Crippen molar-refractivity contribution in [3.63, 3.8) is 0 Å². The van der Waals surface area contributed by atoms with Crippen molar-refractivity contribution in [2.24, 2.45) is 0 Å². The molecule has 4 aromatic rings. The second-order valence-corrected chi connectivity index (χ2v) is 7.01. The van der Waals surface area contributed by atoms with Crippen LogP contribution in [0.1, 0.15) is 21.6 Å². The predicted molar refractivity (Wildman–Crippen MR) is 114 cm³/mol. The molecule has 0 saturated heterocycles. The topological polar surface area (TPSA) is 132 Å². The monoisotopic (exact) mass is 501 g/mol. The predicted octanol–water partition coefficient (Wildman–Crippen LogP) is 4.46. The molecule has 0 radical (unpaired) electrons. The summed E-state index contributed by atoms with van der Waals surface area (Å²) in [5, 5.41) is 14.8. The zero-order chi connectivity index (χ0) is 26.0. The van der Waals surface area contributed by atoms with Gasteiger partial charge in [-0.05, 0) is 24.3 Å². The average Bonchev–Trinajstić information content (AvgIpc) is 3.27. The SMILES string of the molecule is N#Cc1c(Oc2ccc(NC(=O)c3cnn(-c4ncccc4F)c3C(F)(F)F)cc2F)ccnc1N. The fourth-order valence-electron chi connectivity index (χ4n) is 3.12. The van der Waals surface area contributed by atoms with Crippen molar-refractivity contribution in [1.29, 1.82) is 5.26 Å². The third-order valence-electron chi connectivity index (χ3n) is 4.69. The van der Waals surface area contributed by atoms with Gasteiger partial charge in [-0.3, -0.25) is 4.79 Å². The Bertz CT molecular complexity index is 1510. The Morgan fingerprint density at radius 2 is 1.86 bits per heavy atom. The van der Waals surface area contributed by atoms with E-state index >= 15 is 0 Å². The lowest BCUT2D eigenvalue weighted by Gasteiger charge is -2.13. The third kappa shape index (κ3) is 4.62. The fourth-order valence-corrected chi connectivity index (χ4v) is 3.12. The van der Waals surface area contributed by atoms with Crippen LogP contribution in [-0.4, -0.2) is 25.7 Å². The van der Waals surface area contributed by atoms with Gasteiger partial charge in [0.2, 0.25) is 0 Å². The number of halogens is 5. The number of nitrogens with two attached hydrogens (primary N) is 1. The number of hydrogen-bond donors (Lipinski definition) is 2. The van der Waals surface area contributed by atoms with Crippen molar-refractivity contribution in [1.82, 2.24) is 19.7 Å². The summed E-state index contributed by atoms with van der Waals surface area (Å²) in [6, 6.07) is 8.15. The number of amides is 1. The lowest BCUT2D eigenvalue weighted by Crippen LogP contribution is -2.21. The first-order chi connectivity index (χ1) is 17.1. The van der Waals surface area contributed by atoms with Gasteiger partial charge in [0.15, 0.2) is 34.6 Å². The van der Waals surface area contributed by atoms with Crippen LogP contribution in [0.4, 0.5) is 33.5 Å². The van der Waals surface area contributed by atoms with E-state index in [1.807, 2.05) is 0 Å². The van der Waals surface area contributed by atoms with Gasteiger partial charge < -0.3 is 15.8 Å². The van der Waals surface area contributed by atoms with Gasteiger partial charge in [-0.2, -0.15) is 23.5 Å². The van der Waals surface area contributed by atoms with Crippen molar-refractivity contribution in [3.8, 4) is 23.4 Å². The Balaban J connectivity index is 1.62. The Morgan fingerprint density at radius 1 is 1.08 bits per heavy atom. The molecule has 0 spiro atoms. The maximum atomic E-state index is 14.6. The van der Waals surface area contributed by atoms with Crippen LogP contribution in [0.15, 0.2) is 55.0 Å². The molecule has 0 atom stereocenters. The molecule has 0 aliphatic heterocycles. The standard InChI is InChI=1S/C22H12F5N7O2/c23-14-2-1-6-31-20(14)34-18(22(25,26)27)13(10-32-34)21(35)33-11-3-4-17(15(24)8-11)36-16-5-7-30-19(29)12(16)9-28/h1-8,10H,(H2,29,30)(H,33,35). The molecular formula is C22H12F5N7O2. The van der Waals surface area contributed by atoms with E-state index in [0.29, 0.717) is 6.20 Å². The van der Waals surface area contributed by atoms with Crippen molar-refractivity contribution in [2.45, 2.75) is 6.18 Å².